The molecule has 1 heterocycles. The van der Waals surface area contributed by atoms with E-state index in [-0.39, 0.29) is 0 Å². The van der Waals surface area contributed by atoms with Crippen molar-refractivity contribution in [3.8, 4) is 0 Å². The van der Waals surface area contributed by atoms with Gasteiger partial charge in [-0.3, -0.25) is 0 Å². The molecule has 1 aromatic heterocycles. The maximum Gasteiger partial charge on any atom is 0.185 e. The summed E-state index contributed by atoms with van der Waals surface area (Å²) in [6.07, 6.45) is 7.50. The third kappa shape index (κ3) is 3.95. The maximum absolute atomic E-state index is 4.72. The Morgan fingerprint density at radius 1 is 1.35 bits per heavy atom. The van der Waals surface area contributed by atoms with Gasteiger partial charge >= 0.3 is 0 Å². The molecule has 0 aromatic carbocycles. The van der Waals surface area contributed by atoms with Crippen LogP contribution in [0.5, 0.6) is 0 Å². The van der Waals surface area contributed by atoms with Gasteiger partial charge in [-0.1, -0.05) is 33.6 Å². The Morgan fingerprint density at radius 2 is 2.05 bits per heavy atom. The van der Waals surface area contributed by atoms with E-state index in [0.29, 0.717) is 18.0 Å². The van der Waals surface area contributed by atoms with E-state index in [4.69, 9.17) is 4.98 Å². The van der Waals surface area contributed by atoms with Gasteiger partial charge in [0.1, 0.15) is 0 Å². The van der Waals surface area contributed by atoms with Crippen LogP contribution in [0.25, 0.3) is 0 Å². The second-order valence-electron chi connectivity index (χ2n) is 6.31. The van der Waals surface area contributed by atoms with E-state index in [1.807, 2.05) is 11.3 Å². The average Bonchev–Trinajstić information content (AvgIpc) is 3.08. The molecule has 1 unspecified atom stereocenters. The van der Waals surface area contributed by atoms with Crippen LogP contribution in [-0.2, 0) is 0 Å². The van der Waals surface area contributed by atoms with E-state index in [1.54, 1.807) is 0 Å². The number of anilines is 1. The fourth-order valence-corrected chi connectivity index (χ4v) is 4.03. The molecule has 2 rings (SSSR count). The van der Waals surface area contributed by atoms with Crippen molar-refractivity contribution in [3.05, 3.63) is 11.1 Å². The minimum Gasteiger partial charge on any atom is -0.345 e. The first-order valence-electron chi connectivity index (χ1n) is 8.07. The van der Waals surface area contributed by atoms with Crippen molar-refractivity contribution in [2.24, 2.45) is 5.92 Å². The fourth-order valence-electron chi connectivity index (χ4n) is 3.01. The largest absolute Gasteiger partial charge is 0.345 e. The molecule has 1 fully saturated rings. The molecule has 4 heteroatoms. The molecule has 1 N–H and O–H groups in total. The minimum atomic E-state index is 0.413. The van der Waals surface area contributed by atoms with Gasteiger partial charge in [0.15, 0.2) is 5.13 Å². The zero-order valence-electron chi connectivity index (χ0n) is 13.4. The van der Waals surface area contributed by atoms with Crippen molar-refractivity contribution >= 4 is 16.5 Å². The zero-order valence-corrected chi connectivity index (χ0v) is 14.2. The second-order valence-corrected chi connectivity index (χ2v) is 7.35. The van der Waals surface area contributed by atoms with E-state index < -0.39 is 0 Å². The van der Waals surface area contributed by atoms with Crippen LogP contribution in [0.15, 0.2) is 6.20 Å². The first-order chi connectivity index (χ1) is 9.61. The summed E-state index contributed by atoms with van der Waals surface area (Å²) in [5.74, 6) is 0.689. The molecule has 20 heavy (non-hydrogen) atoms. The highest BCUT2D eigenvalue weighted by atomic mass is 32.1. The molecule has 0 saturated heterocycles. The van der Waals surface area contributed by atoms with E-state index in [2.05, 4.69) is 44.1 Å². The number of nitrogens with zero attached hydrogens (tertiary/aromatic N) is 2. The molecular formula is C16H29N3S. The summed E-state index contributed by atoms with van der Waals surface area (Å²) >= 11 is 1.87. The summed E-state index contributed by atoms with van der Waals surface area (Å²) in [4.78, 5) is 8.65. The number of nitrogens with one attached hydrogen (secondary N) is 1. The summed E-state index contributed by atoms with van der Waals surface area (Å²) in [5.41, 5.74) is 0. The molecule has 0 aliphatic heterocycles. The summed E-state index contributed by atoms with van der Waals surface area (Å²) in [6, 6.07) is 1.13. The van der Waals surface area contributed by atoms with Gasteiger partial charge in [0.2, 0.25) is 0 Å². The third-order valence-corrected chi connectivity index (χ3v) is 5.24. The highest BCUT2D eigenvalue weighted by molar-refractivity contribution is 7.15. The molecule has 0 radical (unpaired) electrons. The number of hydrogen-bond donors (Lipinski definition) is 1. The standard InChI is InChI=1S/C16H29N3S/c1-5-17-13(4)15-10-18-16(20-15)19(11-12(2)3)14-8-6-7-9-14/h10,12-14,17H,5-9,11H2,1-4H3. The molecule has 3 nitrogen and oxygen atoms in total. The van der Waals surface area contributed by atoms with E-state index in [1.165, 1.54) is 35.7 Å². The Hall–Kier alpha value is -0.610. The van der Waals surface area contributed by atoms with Crippen molar-refractivity contribution in [1.29, 1.82) is 0 Å². The van der Waals surface area contributed by atoms with Gasteiger partial charge in [0.25, 0.3) is 0 Å². The van der Waals surface area contributed by atoms with Crippen molar-refractivity contribution in [2.45, 2.75) is 65.5 Å². The average molecular weight is 295 g/mol. The van der Waals surface area contributed by atoms with Gasteiger partial charge in [0, 0.05) is 29.7 Å². The normalized spacial score (nSPS) is 17.9. The number of rotatable bonds is 7. The molecule has 0 bridgehead atoms. The predicted octanol–water partition coefficient (Wildman–Crippen LogP) is 4.22. The zero-order chi connectivity index (χ0) is 14.5. The smallest absolute Gasteiger partial charge is 0.185 e. The Balaban J connectivity index is 2.11. The monoisotopic (exact) mass is 295 g/mol. The Bertz CT molecular complexity index is 396. The summed E-state index contributed by atoms with van der Waals surface area (Å²) in [6.45, 7) is 11.1. The van der Waals surface area contributed by atoms with Gasteiger partial charge < -0.3 is 10.2 Å². The maximum atomic E-state index is 4.72. The van der Waals surface area contributed by atoms with E-state index in [0.717, 1.165) is 13.1 Å². The van der Waals surface area contributed by atoms with E-state index in [9.17, 15) is 0 Å². The summed E-state index contributed by atoms with van der Waals surface area (Å²) < 4.78 is 0. The Morgan fingerprint density at radius 3 is 2.65 bits per heavy atom. The molecule has 1 aliphatic carbocycles. The van der Waals surface area contributed by atoms with E-state index >= 15 is 0 Å². The lowest BCUT2D eigenvalue weighted by Gasteiger charge is -2.30. The SMILES string of the molecule is CCNC(C)c1cnc(N(CC(C)C)C2CCCC2)s1. The van der Waals surface area contributed by atoms with Crippen LogP contribution in [0.4, 0.5) is 5.13 Å². The van der Waals surface area contributed by atoms with Crippen molar-refractivity contribution in [1.82, 2.24) is 10.3 Å². The lowest BCUT2D eigenvalue weighted by Crippen LogP contribution is -2.36. The van der Waals surface area contributed by atoms with Crippen LogP contribution in [0.1, 0.15) is 64.3 Å². The highest BCUT2D eigenvalue weighted by Crippen LogP contribution is 2.33. The molecule has 114 valence electrons. The number of aromatic nitrogens is 1. The Kier molecular flexibility index (Phi) is 5.85. The molecule has 1 saturated carbocycles. The minimum absolute atomic E-state index is 0.413. The topological polar surface area (TPSA) is 28.2 Å². The van der Waals surface area contributed by atoms with Crippen molar-refractivity contribution < 1.29 is 0 Å². The second kappa shape index (κ2) is 7.41. The summed E-state index contributed by atoms with van der Waals surface area (Å²) in [5, 5.41) is 4.70. The molecule has 1 atom stereocenters. The van der Waals surface area contributed by atoms with Crippen LogP contribution in [-0.4, -0.2) is 24.1 Å². The van der Waals surface area contributed by atoms with Gasteiger partial charge in [0.05, 0.1) is 0 Å². The van der Waals surface area contributed by atoms with Gasteiger partial charge in [-0.2, -0.15) is 0 Å². The quantitative estimate of drug-likeness (QED) is 0.816. The van der Waals surface area contributed by atoms with Gasteiger partial charge in [-0.15, -0.1) is 11.3 Å². The first kappa shape index (κ1) is 15.8. The Labute approximate surface area is 127 Å². The van der Waals surface area contributed by atoms with Crippen LogP contribution >= 0.6 is 11.3 Å². The molecular weight excluding hydrogens is 266 g/mol. The number of hydrogen-bond acceptors (Lipinski definition) is 4. The summed E-state index contributed by atoms with van der Waals surface area (Å²) in [7, 11) is 0. The fraction of sp³-hybridized carbons (Fsp3) is 0.812. The highest BCUT2D eigenvalue weighted by Gasteiger charge is 2.25. The molecule has 0 spiro atoms. The van der Waals surface area contributed by atoms with Gasteiger partial charge in [-0.25, -0.2) is 4.98 Å². The third-order valence-electron chi connectivity index (χ3n) is 4.02. The first-order valence-corrected chi connectivity index (χ1v) is 8.89. The molecule has 1 aliphatic rings. The van der Waals surface area contributed by atoms with Crippen molar-refractivity contribution in [2.75, 3.05) is 18.0 Å². The molecule has 0 amide bonds. The lowest BCUT2D eigenvalue weighted by molar-refractivity contribution is 0.535. The predicted molar refractivity (Wildman–Crippen MR) is 88.6 cm³/mol. The van der Waals surface area contributed by atoms with Crippen LogP contribution in [0.2, 0.25) is 0 Å². The van der Waals surface area contributed by atoms with Gasteiger partial charge in [-0.05, 0) is 32.2 Å². The molecule has 1 aromatic rings. The van der Waals surface area contributed by atoms with Crippen molar-refractivity contribution in [3.63, 3.8) is 0 Å². The number of thiazole rings is 1. The van der Waals surface area contributed by atoms with Crippen LogP contribution < -0.4 is 10.2 Å². The van der Waals surface area contributed by atoms with Crippen LogP contribution in [0, 0.1) is 5.92 Å². The van der Waals surface area contributed by atoms with Crippen LogP contribution in [0.3, 0.4) is 0 Å². The lowest BCUT2D eigenvalue weighted by atomic mass is 10.1.